The molecule has 1 heterocycles. The van der Waals surface area contributed by atoms with Crippen LogP contribution in [0.15, 0.2) is 23.0 Å². The molecule has 0 spiro atoms. The third-order valence-corrected chi connectivity index (χ3v) is 4.30. The van der Waals surface area contributed by atoms with Gasteiger partial charge < -0.3 is 4.98 Å². The highest BCUT2D eigenvalue weighted by Crippen LogP contribution is 2.23. The number of nitrogens with one attached hydrogen (secondary N) is 1. The Morgan fingerprint density at radius 2 is 1.90 bits per heavy atom. The van der Waals surface area contributed by atoms with Crippen molar-refractivity contribution in [2.45, 2.75) is 46.0 Å². The van der Waals surface area contributed by atoms with Gasteiger partial charge in [0.2, 0.25) is 0 Å². The Morgan fingerprint density at radius 1 is 1.10 bits per heavy atom. The SMILES string of the molecule is Cc1cccc(-c2nc3c(c(=O)[nH]2)CCCCC3)c1C. The van der Waals surface area contributed by atoms with Crippen molar-refractivity contribution in [3.63, 3.8) is 0 Å². The van der Waals surface area contributed by atoms with Crippen LogP contribution in [0.5, 0.6) is 0 Å². The number of aromatic nitrogens is 2. The molecule has 0 bridgehead atoms. The summed E-state index contributed by atoms with van der Waals surface area (Å²) in [4.78, 5) is 20.0. The quantitative estimate of drug-likeness (QED) is 0.806. The van der Waals surface area contributed by atoms with Gasteiger partial charge in [0.1, 0.15) is 5.82 Å². The minimum Gasteiger partial charge on any atom is -0.306 e. The second kappa shape index (κ2) is 5.23. The van der Waals surface area contributed by atoms with Crippen molar-refractivity contribution < 1.29 is 0 Å². The molecule has 3 nitrogen and oxygen atoms in total. The number of aromatic amines is 1. The molecule has 1 aromatic carbocycles. The summed E-state index contributed by atoms with van der Waals surface area (Å²) in [5.41, 5.74) is 5.39. The molecule has 3 heteroatoms. The first-order valence-electron chi connectivity index (χ1n) is 7.35. The van der Waals surface area contributed by atoms with E-state index in [1.54, 1.807) is 0 Å². The van der Waals surface area contributed by atoms with Gasteiger partial charge in [0.05, 0.1) is 5.69 Å². The van der Waals surface area contributed by atoms with Crippen LogP contribution in [0.25, 0.3) is 11.4 Å². The average molecular weight is 268 g/mol. The lowest BCUT2D eigenvalue weighted by molar-refractivity contribution is 0.708. The molecule has 0 unspecified atom stereocenters. The van der Waals surface area contributed by atoms with Gasteiger partial charge in [0.25, 0.3) is 5.56 Å². The first-order valence-corrected chi connectivity index (χ1v) is 7.35. The molecule has 1 aliphatic carbocycles. The van der Waals surface area contributed by atoms with Crippen LogP contribution in [-0.4, -0.2) is 9.97 Å². The second-order valence-electron chi connectivity index (χ2n) is 5.65. The van der Waals surface area contributed by atoms with Crippen LogP contribution < -0.4 is 5.56 Å². The van der Waals surface area contributed by atoms with Crippen molar-refractivity contribution in [1.29, 1.82) is 0 Å². The molecule has 20 heavy (non-hydrogen) atoms. The number of H-pyrrole nitrogens is 1. The molecule has 0 saturated carbocycles. The van der Waals surface area contributed by atoms with Crippen molar-refractivity contribution in [3.8, 4) is 11.4 Å². The maximum Gasteiger partial charge on any atom is 0.254 e. The normalized spacial score (nSPS) is 14.7. The number of hydrogen-bond acceptors (Lipinski definition) is 2. The Bertz CT molecular complexity index is 701. The average Bonchev–Trinajstić information content (AvgIpc) is 2.67. The predicted molar refractivity (Wildman–Crippen MR) is 81.0 cm³/mol. The second-order valence-corrected chi connectivity index (χ2v) is 5.65. The number of hydrogen-bond donors (Lipinski definition) is 1. The van der Waals surface area contributed by atoms with Gasteiger partial charge in [0.15, 0.2) is 0 Å². The Labute approximate surface area is 119 Å². The van der Waals surface area contributed by atoms with Gasteiger partial charge in [-0.3, -0.25) is 4.79 Å². The number of nitrogens with zero attached hydrogens (tertiary/aromatic N) is 1. The van der Waals surface area contributed by atoms with E-state index >= 15 is 0 Å². The molecular weight excluding hydrogens is 248 g/mol. The highest BCUT2D eigenvalue weighted by atomic mass is 16.1. The number of benzene rings is 1. The van der Waals surface area contributed by atoms with Crippen LogP contribution in [0.4, 0.5) is 0 Å². The third-order valence-electron chi connectivity index (χ3n) is 4.30. The zero-order valence-corrected chi connectivity index (χ0v) is 12.1. The Hall–Kier alpha value is -1.90. The van der Waals surface area contributed by atoms with Gasteiger partial charge in [-0.2, -0.15) is 0 Å². The summed E-state index contributed by atoms with van der Waals surface area (Å²) in [5, 5.41) is 0. The lowest BCUT2D eigenvalue weighted by Crippen LogP contribution is -2.18. The van der Waals surface area contributed by atoms with Gasteiger partial charge in [0, 0.05) is 11.1 Å². The highest BCUT2D eigenvalue weighted by molar-refractivity contribution is 5.61. The fourth-order valence-electron chi connectivity index (χ4n) is 2.92. The summed E-state index contributed by atoms with van der Waals surface area (Å²) in [6.07, 6.45) is 5.22. The van der Waals surface area contributed by atoms with Gasteiger partial charge in [-0.25, -0.2) is 4.98 Å². The Kier molecular flexibility index (Phi) is 3.43. The first-order chi connectivity index (χ1) is 9.66. The summed E-state index contributed by atoms with van der Waals surface area (Å²) in [5.74, 6) is 0.719. The van der Waals surface area contributed by atoms with Gasteiger partial charge in [-0.1, -0.05) is 24.6 Å². The molecular formula is C17H20N2O. The highest BCUT2D eigenvalue weighted by Gasteiger charge is 2.16. The topological polar surface area (TPSA) is 45.8 Å². The van der Waals surface area contributed by atoms with E-state index in [1.807, 2.05) is 12.1 Å². The fraction of sp³-hybridized carbons (Fsp3) is 0.412. The standard InChI is InChI=1S/C17H20N2O/c1-11-7-6-9-13(12(11)2)16-18-15-10-5-3-4-8-14(15)17(20)19-16/h6-7,9H,3-5,8,10H2,1-2H3,(H,18,19,20). The van der Waals surface area contributed by atoms with Crippen LogP contribution >= 0.6 is 0 Å². The van der Waals surface area contributed by atoms with Crippen molar-refractivity contribution in [1.82, 2.24) is 9.97 Å². The largest absolute Gasteiger partial charge is 0.306 e. The van der Waals surface area contributed by atoms with Crippen LogP contribution in [-0.2, 0) is 12.8 Å². The van der Waals surface area contributed by atoms with E-state index in [1.165, 1.54) is 17.5 Å². The third kappa shape index (κ3) is 2.28. The molecule has 1 N–H and O–H groups in total. The van der Waals surface area contributed by atoms with E-state index in [0.717, 1.165) is 48.3 Å². The number of aryl methyl sites for hydroxylation is 2. The monoisotopic (exact) mass is 268 g/mol. The van der Waals surface area contributed by atoms with Gasteiger partial charge >= 0.3 is 0 Å². The number of rotatable bonds is 1. The molecule has 2 aromatic rings. The van der Waals surface area contributed by atoms with E-state index in [4.69, 9.17) is 4.98 Å². The first kappa shape index (κ1) is 13.1. The minimum absolute atomic E-state index is 0.0489. The van der Waals surface area contributed by atoms with E-state index in [-0.39, 0.29) is 5.56 Å². The van der Waals surface area contributed by atoms with E-state index < -0.39 is 0 Å². The van der Waals surface area contributed by atoms with E-state index in [2.05, 4.69) is 24.9 Å². The molecule has 1 aromatic heterocycles. The molecule has 0 atom stereocenters. The predicted octanol–water partition coefficient (Wildman–Crippen LogP) is 3.32. The van der Waals surface area contributed by atoms with Crippen LogP contribution in [0.3, 0.4) is 0 Å². The Morgan fingerprint density at radius 3 is 2.75 bits per heavy atom. The molecule has 0 radical (unpaired) electrons. The zero-order chi connectivity index (χ0) is 14.1. The maximum absolute atomic E-state index is 12.3. The van der Waals surface area contributed by atoms with E-state index in [9.17, 15) is 4.79 Å². The molecule has 0 aliphatic heterocycles. The summed E-state index contributed by atoms with van der Waals surface area (Å²) < 4.78 is 0. The van der Waals surface area contributed by atoms with Crippen LogP contribution in [0, 0.1) is 13.8 Å². The molecule has 0 amide bonds. The van der Waals surface area contributed by atoms with Crippen molar-refractivity contribution in [2.24, 2.45) is 0 Å². The summed E-state index contributed by atoms with van der Waals surface area (Å²) >= 11 is 0. The molecule has 104 valence electrons. The zero-order valence-electron chi connectivity index (χ0n) is 12.1. The minimum atomic E-state index is 0.0489. The molecule has 0 fully saturated rings. The summed E-state index contributed by atoms with van der Waals surface area (Å²) in [6.45, 7) is 4.16. The van der Waals surface area contributed by atoms with E-state index in [0.29, 0.717) is 0 Å². The van der Waals surface area contributed by atoms with Crippen LogP contribution in [0.1, 0.15) is 41.6 Å². The molecule has 0 saturated heterocycles. The fourth-order valence-corrected chi connectivity index (χ4v) is 2.92. The van der Waals surface area contributed by atoms with Gasteiger partial charge in [-0.05, 0) is 50.7 Å². The lowest BCUT2D eigenvalue weighted by Gasteiger charge is -2.11. The summed E-state index contributed by atoms with van der Waals surface area (Å²) in [7, 11) is 0. The smallest absolute Gasteiger partial charge is 0.254 e. The Balaban J connectivity index is 2.16. The number of fused-ring (bicyclic) bond motifs is 1. The van der Waals surface area contributed by atoms with Gasteiger partial charge in [-0.15, -0.1) is 0 Å². The van der Waals surface area contributed by atoms with Crippen molar-refractivity contribution in [3.05, 3.63) is 50.9 Å². The van der Waals surface area contributed by atoms with Crippen molar-refractivity contribution in [2.75, 3.05) is 0 Å². The van der Waals surface area contributed by atoms with Crippen LogP contribution in [0.2, 0.25) is 0 Å². The van der Waals surface area contributed by atoms with Crippen molar-refractivity contribution >= 4 is 0 Å². The molecule has 1 aliphatic rings. The molecule has 3 rings (SSSR count). The summed E-state index contributed by atoms with van der Waals surface area (Å²) in [6, 6.07) is 6.13. The lowest BCUT2D eigenvalue weighted by atomic mass is 10.0. The maximum atomic E-state index is 12.3.